The topological polar surface area (TPSA) is 61.9 Å². The minimum absolute atomic E-state index is 0.241. The van der Waals surface area contributed by atoms with Crippen LogP contribution in [0.15, 0.2) is 29.2 Å². The molecule has 0 radical (unpaired) electrons. The molecule has 0 atom stereocenters. The summed E-state index contributed by atoms with van der Waals surface area (Å²) in [4.78, 5) is 25.9. The number of halogens is 3. The summed E-state index contributed by atoms with van der Waals surface area (Å²) in [6.07, 6.45) is -2.58. The van der Waals surface area contributed by atoms with Crippen molar-refractivity contribution in [2.75, 3.05) is 6.54 Å². The van der Waals surface area contributed by atoms with Crippen molar-refractivity contribution in [1.29, 1.82) is 0 Å². The van der Waals surface area contributed by atoms with Gasteiger partial charge in [0.05, 0.1) is 11.3 Å². The number of aromatic amines is 1. The van der Waals surface area contributed by atoms with E-state index in [1.165, 1.54) is 0 Å². The molecule has 5 nitrogen and oxygen atoms in total. The summed E-state index contributed by atoms with van der Waals surface area (Å²) in [5.41, 5.74) is -0.149. The number of nitrogens with one attached hydrogen (secondary N) is 1. The summed E-state index contributed by atoms with van der Waals surface area (Å²) in [5.74, 6) is -1.22. The summed E-state index contributed by atoms with van der Waals surface area (Å²) in [7, 11) is 0. The largest absolute Gasteiger partial charge is 0.449 e. The molecular formula is C16H13F3N4OS. The van der Waals surface area contributed by atoms with Crippen LogP contribution in [0.25, 0.3) is 10.2 Å². The van der Waals surface area contributed by atoms with E-state index in [1.54, 1.807) is 17.5 Å². The first-order valence-corrected chi connectivity index (χ1v) is 8.47. The predicted molar refractivity (Wildman–Crippen MR) is 87.3 cm³/mol. The molecular weight excluding hydrogens is 353 g/mol. The van der Waals surface area contributed by atoms with Gasteiger partial charge in [-0.1, -0.05) is 6.07 Å². The van der Waals surface area contributed by atoms with Crippen LogP contribution in [-0.4, -0.2) is 26.4 Å². The van der Waals surface area contributed by atoms with Gasteiger partial charge in [0.2, 0.25) is 5.82 Å². The zero-order valence-electron chi connectivity index (χ0n) is 12.9. The second-order valence-electron chi connectivity index (χ2n) is 5.91. The van der Waals surface area contributed by atoms with Gasteiger partial charge in [-0.05, 0) is 12.1 Å². The monoisotopic (exact) mass is 366 g/mol. The molecule has 0 unspecified atom stereocenters. The van der Waals surface area contributed by atoms with Crippen LogP contribution in [-0.2, 0) is 25.7 Å². The van der Waals surface area contributed by atoms with Crippen LogP contribution in [0.5, 0.6) is 0 Å². The fourth-order valence-corrected chi connectivity index (χ4v) is 4.01. The highest BCUT2D eigenvalue weighted by Gasteiger charge is 2.35. The fraction of sp³-hybridized carbons (Fsp3) is 0.312. The van der Waals surface area contributed by atoms with Gasteiger partial charge in [-0.2, -0.15) is 13.2 Å². The molecule has 0 saturated carbocycles. The van der Waals surface area contributed by atoms with Crippen LogP contribution in [0.1, 0.15) is 22.0 Å². The molecule has 1 N–H and O–H groups in total. The van der Waals surface area contributed by atoms with Gasteiger partial charge >= 0.3 is 6.18 Å². The molecule has 0 amide bonds. The van der Waals surface area contributed by atoms with Crippen molar-refractivity contribution in [2.45, 2.75) is 25.7 Å². The first kappa shape index (κ1) is 16.2. The van der Waals surface area contributed by atoms with Gasteiger partial charge in [0.1, 0.15) is 4.83 Å². The SMILES string of the molecule is O=c1[nH]c(C(F)(F)F)nc2c1CN(Cc1cc3cccnc3s1)CC2. The number of pyridine rings is 1. The lowest BCUT2D eigenvalue weighted by atomic mass is 10.1. The summed E-state index contributed by atoms with van der Waals surface area (Å²) in [5, 5.41) is 1.06. The molecule has 3 aromatic rings. The second-order valence-corrected chi connectivity index (χ2v) is 7.02. The van der Waals surface area contributed by atoms with E-state index >= 15 is 0 Å². The second kappa shape index (κ2) is 5.92. The molecule has 0 saturated heterocycles. The maximum Gasteiger partial charge on any atom is 0.449 e. The summed E-state index contributed by atoms with van der Waals surface area (Å²) < 4.78 is 38.3. The predicted octanol–water partition coefficient (Wildman–Crippen LogP) is 2.96. The van der Waals surface area contributed by atoms with Gasteiger partial charge in [0.15, 0.2) is 0 Å². The molecule has 0 aliphatic carbocycles. The molecule has 9 heteroatoms. The number of nitrogens with zero attached hydrogens (tertiary/aromatic N) is 3. The molecule has 25 heavy (non-hydrogen) atoms. The number of H-pyrrole nitrogens is 1. The van der Waals surface area contributed by atoms with E-state index in [-0.39, 0.29) is 12.2 Å². The highest BCUT2D eigenvalue weighted by atomic mass is 32.1. The average molecular weight is 366 g/mol. The van der Waals surface area contributed by atoms with Gasteiger partial charge in [-0.3, -0.25) is 9.69 Å². The van der Waals surface area contributed by atoms with E-state index in [2.05, 4.69) is 16.0 Å². The Morgan fingerprint density at radius 2 is 2.20 bits per heavy atom. The first-order chi connectivity index (χ1) is 11.9. The number of fused-ring (bicyclic) bond motifs is 2. The van der Waals surface area contributed by atoms with Crippen LogP contribution < -0.4 is 5.56 Å². The van der Waals surface area contributed by atoms with E-state index in [4.69, 9.17) is 0 Å². The molecule has 0 bridgehead atoms. The van der Waals surface area contributed by atoms with Crippen LogP contribution >= 0.6 is 11.3 Å². The lowest BCUT2D eigenvalue weighted by molar-refractivity contribution is -0.145. The van der Waals surface area contributed by atoms with Crippen molar-refractivity contribution in [2.24, 2.45) is 0 Å². The standard InChI is InChI=1S/C16H13F3N4OS/c17-16(18,19)15-21-12-3-5-23(8-11(12)13(24)22-15)7-10-6-9-2-1-4-20-14(9)25-10/h1-2,4,6H,3,5,7-8H2,(H,21,22,24). The molecule has 130 valence electrons. The molecule has 1 aliphatic rings. The van der Waals surface area contributed by atoms with Gasteiger partial charge in [0.25, 0.3) is 5.56 Å². The van der Waals surface area contributed by atoms with Crippen molar-refractivity contribution in [3.8, 4) is 0 Å². The summed E-state index contributed by atoms with van der Waals surface area (Å²) in [6, 6.07) is 5.91. The number of alkyl halides is 3. The van der Waals surface area contributed by atoms with Gasteiger partial charge in [-0.15, -0.1) is 11.3 Å². The number of rotatable bonds is 2. The molecule has 4 heterocycles. The van der Waals surface area contributed by atoms with Gasteiger partial charge < -0.3 is 4.98 Å². The maximum absolute atomic E-state index is 12.8. The van der Waals surface area contributed by atoms with Crippen LogP contribution in [0.3, 0.4) is 0 Å². The van der Waals surface area contributed by atoms with Crippen LogP contribution in [0.2, 0.25) is 0 Å². The lowest BCUT2D eigenvalue weighted by Gasteiger charge is -2.27. The maximum atomic E-state index is 12.8. The first-order valence-electron chi connectivity index (χ1n) is 7.65. The molecule has 4 rings (SSSR count). The molecule has 0 aromatic carbocycles. The lowest BCUT2D eigenvalue weighted by Crippen LogP contribution is -2.36. The van der Waals surface area contributed by atoms with Crippen molar-refractivity contribution in [3.05, 3.63) is 56.7 Å². The Balaban J connectivity index is 1.57. The van der Waals surface area contributed by atoms with E-state index in [0.717, 1.165) is 15.1 Å². The van der Waals surface area contributed by atoms with Crippen LogP contribution in [0, 0.1) is 0 Å². The van der Waals surface area contributed by atoms with E-state index < -0.39 is 17.6 Å². The Hall–Kier alpha value is -2.26. The number of hydrogen-bond donors (Lipinski definition) is 1. The third kappa shape index (κ3) is 3.16. The minimum Gasteiger partial charge on any atom is -0.303 e. The zero-order chi connectivity index (χ0) is 17.6. The minimum atomic E-state index is -4.64. The Morgan fingerprint density at radius 3 is 2.96 bits per heavy atom. The average Bonchev–Trinajstić information content (AvgIpc) is 2.96. The highest BCUT2D eigenvalue weighted by molar-refractivity contribution is 7.18. The summed E-state index contributed by atoms with van der Waals surface area (Å²) >= 11 is 1.58. The van der Waals surface area contributed by atoms with Gasteiger partial charge in [0, 0.05) is 42.5 Å². The van der Waals surface area contributed by atoms with Crippen molar-refractivity contribution in [3.63, 3.8) is 0 Å². The molecule has 0 spiro atoms. The van der Waals surface area contributed by atoms with E-state index in [1.807, 2.05) is 22.0 Å². The zero-order valence-corrected chi connectivity index (χ0v) is 13.7. The van der Waals surface area contributed by atoms with Crippen molar-refractivity contribution in [1.82, 2.24) is 19.9 Å². The van der Waals surface area contributed by atoms with Gasteiger partial charge in [-0.25, -0.2) is 9.97 Å². The van der Waals surface area contributed by atoms with E-state index in [9.17, 15) is 18.0 Å². The fourth-order valence-electron chi connectivity index (χ4n) is 2.97. The third-order valence-corrected chi connectivity index (χ3v) is 5.18. The number of hydrogen-bond acceptors (Lipinski definition) is 5. The van der Waals surface area contributed by atoms with E-state index in [0.29, 0.717) is 25.1 Å². The Kier molecular flexibility index (Phi) is 3.84. The Bertz CT molecular complexity index is 962. The smallest absolute Gasteiger partial charge is 0.303 e. The normalized spacial score (nSPS) is 15.5. The highest BCUT2D eigenvalue weighted by Crippen LogP contribution is 2.28. The summed E-state index contributed by atoms with van der Waals surface area (Å²) in [6.45, 7) is 1.47. The molecule has 3 aromatic heterocycles. The number of thiophene rings is 1. The third-order valence-electron chi connectivity index (χ3n) is 4.14. The molecule has 1 aliphatic heterocycles. The quantitative estimate of drug-likeness (QED) is 0.758. The van der Waals surface area contributed by atoms with Crippen molar-refractivity contribution >= 4 is 21.6 Å². The molecule has 0 fully saturated rings. The van der Waals surface area contributed by atoms with Crippen LogP contribution in [0.4, 0.5) is 13.2 Å². The Morgan fingerprint density at radius 1 is 1.36 bits per heavy atom. The Labute approximate surface area is 144 Å². The number of aromatic nitrogens is 3. The van der Waals surface area contributed by atoms with Crippen molar-refractivity contribution < 1.29 is 13.2 Å².